The van der Waals surface area contributed by atoms with Gasteiger partial charge in [-0.1, -0.05) is 72.0 Å². The summed E-state index contributed by atoms with van der Waals surface area (Å²) in [6.07, 6.45) is 3.27. The maximum atomic E-state index is 6.05. The second-order valence-electron chi connectivity index (χ2n) is 7.60. The lowest BCUT2D eigenvalue weighted by molar-refractivity contribution is -0.0312. The van der Waals surface area contributed by atoms with Crippen molar-refractivity contribution in [1.82, 2.24) is 5.32 Å². The Labute approximate surface area is 185 Å². The third-order valence-corrected chi connectivity index (χ3v) is 4.18. The van der Waals surface area contributed by atoms with Crippen LogP contribution < -0.4 is 5.32 Å². The highest BCUT2D eigenvalue weighted by molar-refractivity contribution is 7.15. The predicted octanol–water partition coefficient (Wildman–Crippen LogP) is 7.23. The Hall–Kier alpha value is -0.470. The molecule has 0 aromatic heterocycles. The lowest BCUT2D eigenvalue weighted by Gasteiger charge is -2.30. The third kappa shape index (κ3) is 19.3. The average Bonchev–Trinajstić information content (AvgIpc) is 2.72. The van der Waals surface area contributed by atoms with Crippen LogP contribution >= 0.6 is 9.24 Å². The van der Waals surface area contributed by atoms with E-state index in [1.807, 2.05) is 34.4 Å². The van der Waals surface area contributed by atoms with Gasteiger partial charge in [0.2, 0.25) is 0 Å². The summed E-state index contributed by atoms with van der Waals surface area (Å²) in [6, 6.07) is 8.59. The summed E-state index contributed by atoms with van der Waals surface area (Å²) in [6.45, 7) is 23.3. The van der Waals surface area contributed by atoms with Crippen LogP contribution in [0.4, 0.5) is 0 Å². The zero-order chi connectivity index (χ0) is 23.3. The molecule has 4 heteroatoms. The molecule has 0 amide bonds. The van der Waals surface area contributed by atoms with Gasteiger partial charge in [0.05, 0.1) is 12.2 Å². The number of benzene rings is 1. The topological polar surface area (TPSA) is 30.5 Å². The van der Waals surface area contributed by atoms with Gasteiger partial charge in [0, 0.05) is 25.8 Å². The highest BCUT2D eigenvalue weighted by Gasteiger charge is 2.21. The van der Waals surface area contributed by atoms with Gasteiger partial charge in [-0.25, -0.2) is 0 Å². The van der Waals surface area contributed by atoms with Gasteiger partial charge in [0.1, 0.15) is 0 Å². The Morgan fingerprint density at radius 1 is 0.862 bits per heavy atom. The Bertz CT molecular complexity index is 445. The van der Waals surface area contributed by atoms with Crippen LogP contribution in [-0.4, -0.2) is 31.5 Å². The molecular weight excluding hydrogens is 377 g/mol. The molecule has 0 saturated heterocycles. The third-order valence-electron chi connectivity index (χ3n) is 4.18. The fourth-order valence-corrected chi connectivity index (χ4v) is 2.61. The molecule has 1 unspecified atom stereocenters. The molecule has 1 aromatic carbocycles. The molecule has 29 heavy (non-hydrogen) atoms. The zero-order valence-electron chi connectivity index (χ0n) is 21.4. The van der Waals surface area contributed by atoms with Gasteiger partial charge < -0.3 is 14.8 Å². The highest BCUT2D eigenvalue weighted by Crippen LogP contribution is 2.19. The summed E-state index contributed by atoms with van der Waals surface area (Å²) in [7, 11) is 4.14. The van der Waals surface area contributed by atoms with Crippen molar-refractivity contribution in [2.75, 3.05) is 20.4 Å². The lowest BCUT2D eigenvalue weighted by atomic mass is 9.99. The first kappa shape index (κ1) is 33.2. The summed E-state index contributed by atoms with van der Waals surface area (Å²) in [5, 5.41) is 3.63. The summed E-state index contributed by atoms with van der Waals surface area (Å²) in [5.74, 6) is 0. The molecule has 1 atom stereocenters. The minimum absolute atomic E-state index is 0.0119. The second-order valence-corrected chi connectivity index (χ2v) is 7.60. The fraction of sp³-hybridized carbons (Fsp3) is 0.760. The van der Waals surface area contributed by atoms with Crippen molar-refractivity contribution in [2.24, 2.45) is 0 Å². The smallest absolute Gasteiger partial charge is 0.0713 e. The summed E-state index contributed by atoms with van der Waals surface area (Å²) in [5.41, 5.74) is 2.56. The lowest BCUT2D eigenvalue weighted by Crippen LogP contribution is -2.40. The van der Waals surface area contributed by atoms with E-state index in [2.05, 4.69) is 73.4 Å². The van der Waals surface area contributed by atoms with Crippen LogP contribution in [0.3, 0.4) is 0 Å². The number of rotatable bonds is 11. The van der Waals surface area contributed by atoms with E-state index in [-0.39, 0.29) is 11.1 Å². The van der Waals surface area contributed by atoms with Gasteiger partial charge in [0.25, 0.3) is 0 Å². The normalized spacial score (nSPS) is 10.6. The summed E-state index contributed by atoms with van der Waals surface area (Å²) in [4.78, 5) is 0. The Morgan fingerprint density at radius 2 is 1.34 bits per heavy atom. The van der Waals surface area contributed by atoms with Crippen molar-refractivity contribution in [2.45, 2.75) is 106 Å². The summed E-state index contributed by atoms with van der Waals surface area (Å²) < 4.78 is 11.2. The first-order valence-electron chi connectivity index (χ1n) is 11.3. The molecule has 1 rings (SSSR count). The van der Waals surface area contributed by atoms with Crippen LogP contribution in [0.25, 0.3) is 0 Å². The Morgan fingerprint density at radius 3 is 1.79 bits per heavy atom. The van der Waals surface area contributed by atoms with E-state index in [4.69, 9.17) is 9.47 Å². The van der Waals surface area contributed by atoms with Crippen molar-refractivity contribution in [3.8, 4) is 0 Å². The SMILES string of the molecule is CC.CC.CCCC(C)(C)OCCC(C)(C)NCc1ccc(COC)cc1.CP. The first-order valence-corrected chi connectivity index (χ1v) is 12.5. The number of nitrogens with one attached hydrogen (secondary N) is 1. The van der Waals surface area contributed by atoms with Crippen molar-refractivity contribution >= 4 is 9.24 Å². The molecule has 3 nitrogen and oxygen atoms in total. The number of hydrogen-bond acceptors (Lipinski definition) is 3. The van der Waals surface area contributed by atoms with Crippen LogP contribution in [0.1, 0.15) is 92.7 Å². The Balaban J connectivity index is -0.00000103. The second kappa shape index (κ2) is 20.8. The Kier molecular flexibility index (Phi) is 23.8. The van der Waals surface area contributed by atoms with Crippen LogP contribution in [0, 0.1) is 0 Å². The first-order chi connectivity index (χ1) is 13.8. The van der Waals surface area contributed by atoms with Gasteiger partial charge in [-0.15, -0.1) is 9.24 Å². The monoisotopic (exact) mass is 429 g/mol. The van der Waals surface area contributed by atoms with E-state index >= 15 is 0 Å². The van der Waals surface area contributed by atoms with Crippen molar-refractivity contribution in [1.29, 1.82) is 0 Å². The molecule has 0 aliphatic carbocycles. The van der Waals surface area contributed by atoms with Crippen molar-refractivity contribution < 1.29 is 9.47 Å². The van der Waals surface area contributed by atoms with Crippen LogP contribution in [-0.2, 0) is 22.6 Å². The van der Waals surface area contributed by atoms with Gasteiger partial charge >= 0.3 is 0 Å². The quantitative estimate of drug-likeness (QED) is 0.376. The molecule has 0 fully saturated rings. The minimum atomic E-state index is -0.0119. The number of hydrogen-bond donors (Lipinski definition) is 1. The average molecular weight is 430 g/mol. The summed E-state index contributed by atoms with van der Waals surface area (Å²) >= 11 is 0. The molecule has 0 radical (unpaired) electrons. The molecule has 0 heterocycles. The van der Waals surface area contributed by atoms with Crippen LogP contribution in [0.15, 0.2) is 24.3 Å². The maximum Gasteiger partial charge on any atom is 0.0713 e. The van der Waals surface area contributed by atoms with Crippen molar-refractivity contribution in [3.05, 3.63) is 35.4 Å². The van der Waals surface area contributed by atoms with E-state index in [0.29, 0.717) is 6.61 Å². The van der Waals surface area contributed by atoms with Gasteiger partial charge in [-0.05, 0) is 51.7 Å². The maximum absolute atomic E-state index is 6.05. The van der Waals surface area contributed by atoms with Gasteiger partial charge in [-0.3, -0.25) is 0 Å². The molecular formula is C25H52NO2P. The van der Waals surface area contributed by atoms with Crippen LogP contribution in [0.5, 0.6) is 0 Å². The van der Waals surface area contributed by atoms with E-state index in [1.165, 1.54) is 11.1 Å². The minimum Gasteiger partial charge on any atom is -0.380 e. The molecule has 0 bridgehead atoms. The predicted molar refractivity (Wildman–Crippen MR) is 136 cm³/mol. The number of ether oxygens (including phenoxy) is 2. The molecule has 0 aliphatic rings. The van der Waals surface area contributed by atoms with E-state index < -0.39 is 0 Å². The molecule has 1 N–H and O–H groups in total. The van der Waals surface area contributed by atoms with Crippen LogP contribution in [0.2, 0.25) is 0 Å². The van der Waals surface area contributed by atoms with Gasteiger partial charge in [-0.2, -0.15) is 0 Å². The molecule has 174 valence electrons. The largest absolute Gasteiger partial charge is 0.380 e. The molecule has 0 saturated carbocycles. The molecule has 0 spiro atoms. The fourth-order valence-electron chi connectivity index (χ4n) is 2.61. The standard InChI is InChI=1S/C20H35NO2.2C2H6.CH5P/c1-7-12-20(4,5)23-14-13-19(2,3)21-15-17-8-10-18(11-9-17)16-22-6;3*1-2/h8-11,21H,7,12-16H2,1-6H3;2*1-2H3;2H2,1H3. The highest BCUT2D eigenvalue weighted by atomic mass is 31.0. The van der Waals surface area contributed by atoms with E-state index in [9.17, 15) is 0 Å². The van der Waals surface area contributed by atoms with E-state index in [0.717, 1.165) is 32.4 Å². The zero-order valence-corrected chi connectivity index (χ0v) is 22.6. The molecule has 1 aromatic rings. The van der Waals surface area contributed by atoms with Crippen molar-refractivity contribution in [3.63, 3.8) is 0 Å². The van der Waals surface area contributed by atoms with Gasteiger partial charge in [0.15, 0.2) is 0 Å². The molecule has 0 aliphatic heterocycles. The van der Waals surface area contributed by atoms with E-state index in [1.54, 1.807) is 7.11 Å². The number of methoxy groups -OCH3 is 1.